The molecule has 2 heterocycles. The number of nitrogens with zero attached hydrogens (tertiary/aromatic N) is 3. The Hall–Kier alpha value is -3.68. The van der Waals surface area contributed by atoms with Crippen molar-refractivity contribution in [3.05, 3.63) is 83.4 Å². The molecule has 1 aliphatic heterocycles. The molecule has 2 aromatic carbocycles. The molecule has 1 fully saturated rings. The summed E-state index contributed by atoms with van der Waals surface area (Å²) in [5, 5.41) is 6.96. The van der Waals surface area contributed by atoms with E-state index in [1.165, 1.54) is 12.1 Å². The number of carbonyl (C=O) groups excluding carboxylic acids is 2. The Morgan fingerprint density at radius 2 is 1.94 bits per heavy atom. The predicted molar refractivity (Wildman–Crippen MR) is 122 cm³/mol. The lowest BCUT2D eigenvalue weighted by Crippen LogP contribution is -2.32. The van der Waals surface area contributed by atoms with Gasteiger partial charge in [-0.15, -0.1) is 0 Å². The van der Waals surface area contributed by atoms with Crippen LogP contribution < -0.4 is 10.1 Å². The van der Waals surface area contributed by atoms with E-state index in [1.54, 1.807) is 55.8 Å². The molecule has 8 heteroatoms. The number of halogens is 1. The molecule has 33 heavy (non-hydrogen) atoms. The highest BCUT2D eigenvalue weighted by Gasteiger charge is 2.23. The molecule has 3 aromatic rings. The van der Waals surface area contributed by atoms with Crippen LogP contribution in [0.5, 0.6) is 5.75 Å². The first kappa shape index (κ1) is 22.5. The lowest BCUT2D eigenvalue weighted by Gasteiger charge is -2.21. The van der Waals surface area contributed by atoms with Crippen LogP contribution in [0.1, 0.15) is 51.6 Å². The predicted octanol–water partition coefficient (Wildman–Crippen LogP) is 3.83. The number of benzene rings is 2. The fourth-order valence-electron chi connectivity index (χ4n) is 3.99. The average molecular weight is 451 g/mol. The van der Waals surface area contributed by atoms with E-state index in [2.05, 4.69) is 10.4 Å². The Morgan fingerprint density at radius 3 is 2.73 bits per heavy atom. The Labute approximate surface area is 192 Å². The molecular weight excluding hydrogens is 423 g/mol. The fourth-order valence-corrected chi connectivity index (χ4v) is 3.99. The molecule has 0 saturated carbocycles. The van der Waals surface area contributed by atoms with Gasteiger partial charge in [-0.05, 0) is 55.2 Å². The van der Waals surface area contributed by atoms with E-state index in [1.807, 2.05) is 9.58 Å². The smallest absolute Gasteiger partial charge is 0.254 e. The monoisotopic (exact) mass is 450 g/mol. The van der Waals surface area contributed by atoms with Gasteiger partial charge < -0.3 is 15.0 Å². The minimum absolute atomic E-state index is 0.0330. The summed E-state index contributed by atoms with van der Waals surface area (Å²) in [5.74, 6) is 0.115. The average Bonchev–Trinajstić information content (AvgIpc) is 3.21. The first-order valence-electron chi connectivity index (χ1n) is 11.1. The van der Waals surface area contributed by atoms with E-state index in [9.17, 15) is 14.0 Å². The lowest BCUT2D eigenvalue weighted by molar-refractivity contribution is 0.0759. The Kier molecular flexibility index (Phi) is 7.02. The van der Waals surface area contributed by atoms with Gasteiger partial charge in [0.15, 0.2) is 0 Å². The van der Waals surface area contributed by atoms with E-state index in [-0.39, 0.29) is 23.7 Å². The highest BCUT2D eigenvalue weighted by molar-refractivity contribution is 5.94. The van der Waals surface area contributed by atoms with Crippen LogP contribution in [-0.4, -0.2) is 46.6 Å². The van der Waals surface area contributed by atoms with E-state index in [0.29, 0.717) is 36.6 Å². The lowest BCUT2D eigenvalue weighted by atomic mass is 10.1. The molecule has 1 unspecified atom stereocenters. The van der Waals surface area contributed by atoms with E-state index < -0.39 is 0 Å². The van der Waals surface area contributed by atoms with Crippen molar-refractivity contribution in [1.82, 2.24) is 20.0 Å². The summed E-state index contributed by atoms with van der Waals surface area (Å²) in [5.41, 5.74) is 1.96. The maximum atomic E-state index is 13.1. The third-order valence-electron chi connectivity index (χ3n) is 5.85. The summed E-state index contributed by atoms with van der Waals surface area (Å²) in [6.07, 6.45) is 5.85. The van der Waals surface area contributed by atoms with E-state index in [4.69, 9.17) is 4.74 Å². The van der Waals surface area contributed by atoms with Gasteiger partial charge in [-0.25, -0.2) is 4.39 Å². The van der Waals surface area contributed by atoms with Crippen molar-refractivity contribution >= 4 is 11.8 Å². The molecule has 172 valence electrons. The SMILES string of the molecule is CNC(=O)c1cnn(C2CCCN(C(=O)c3cccc(OCc4ccc(F)cc4)c3)CC2)c1. The van der Waals surface area contributed by atoms with Crippen LogP contribution in [-0.2, 0) is 6.61 Å². The summed E-state index contributed by atoms with van der Waals surface area (Å²) < 4.78 is 20.7. The van der Waals surface area contributed by atoms with Gasteiger partial charge in [0, 0.05) is 31.9 Å². The standard InChI is InChI=1S/C25H27FN4O3/c1-27-24(31)20-15-28-30(16-20)22-5-3-12-29(13-11-22)25(32)19-4-2-6-23(14-19)33-17-18-7-9-21(26)10-8-18/h2,4,6-10,14-16,22H,3,5,11-13,17H2,1H3,(H,27,31). The number of hydrogen-bond acceptors (Lipinski definition) is 4. The van der Waals surface area contributed by atoms with Crippen molar-refractivity contribution in [2.75, 3.05) is 20.1 Å². The number of nitrogens with one attached hydrogen (secondary N) is 1. The van der Waals surface area contributed by atoms with Crippen molar-refractivity contribution in [2.24, 2.45) is 0 Å². The second kappa shape index (κ2) is 10.3. The zero-order valence-electron chi connectivity index (χ0n) is 18.5. The van der Waals surface area contributed by atoms with Crippen molar-refractivity contribution in [1.29, 1.82) is 0 Å². The van der Waals surface area contributed by atoms with E-state index >= 15 is 0 Å². The van der Waals surface area contributed by atoms with Crippen molar-refractivity contribution in [3.63, 3.8) is 0 Å². The molecule has 0 spiro atoms. The zero-order chi connectivity index (χ0) is 23.2. The van der Waals surface area contributed by atoms with Crippen LogP contribution in [0.3, 0.4) is 0 Å². The van der Waals surface area contributed by atoms with Crippen LogP contribution in [0.4, 0.5) is 4.39 Å². The number of likely N-dealkylation sites (tertiary alicyclic amines) is 1. The normalized spacial score (nSPS) is 16.2. The molecule has 1 N–H and O–H groups in total. The summed E-state index contributed by atoms with van der Waals surface area (Å²) in [6.45, 7) is 1.57. The van der Waals surface area contributed by atoms with Crippen molar-refractivity contribution in [2.45, 2.75) is 31.9 Å². The number of carbonyl (C=O) groups is 2. The third kappa shape index (κ3) is 5.58. The second-order valence-electron chi connectivity index (χ2n) is 8.11. The van der Waals surface area contributed by atoms with Gasteiger partial charge in [-0.3, -0.25) is 14.3 Å². The molecule has 2 amide bonds. The summed E-state index contributed by atoms with van der Waals surface area (Å²) >= 11 is 0. The number of aromatic nitrogens is 2. The van der Waals surface area contributed by atoms with E-state index in [0.717, 1.165) is 24.8 Å². The van der Waals surface area contributed by atoms with Gasteiger partial charge in [0.05, 0.1) is 17.8 Å². The molecule has 1 aliphatic rings. The first-order valence-corrected chi connectivity index (χ1v) is 11.1. The summed E-state index contributed by atoms with van der Waals surface area (Å²) in [7, 11) is 1.59. The molecule has 1 saturated heterocycles. The minimum atomic E-state index is -0.287. The number of hydrogen-bond donors (Lipinski definition) is 1. The summed E-state index contributed by atoms with van der Waals surface area (Å²) in [6, 6.07) is 13.4. The fraction of sp³-hybridized carbons (Fsp3) is 0.320. The van der Waals surface area contributed by atoms with Crippen LogP contribution in [0.15, 0.2) is 60.9 Å². The summed E-state index contributed by atoms with van der Waals surface area (Å²) in [4.78, 5) is 26.8. The molecule has 0 bridgehead atoms. The number of ether oxygens (including phenoxy) is 1. The molecule has 1 aromatic heterocycles. The molecule has 0 radical (unpaired) electrons. The van der Waals surface area contributed by atoms with Gasteiger partial charge in [0.1, 0.15) is 18.2 Å². The van der Waals surface area contributed by atoms with Crippen LogP contribution in [0.2, 0.25) is 0 Å². The highest BCUT2D eigenvalue weighted by Crippen LogP contribution is 2.24. The quantitative estimate of drug-likeness (QED) is 0.619. The topological polar surface area (TPSA) is 76.5 Å². The van der Waals surface area contributed by atoms with Crippen molar-refractivity contribution in [3.8, 4) is 5.75 Å². The van der Waals surface area contributed by atoms with Gasteiger partial charge in [0.25, 0.3) is 11.8 Å². The number of amides is 2. The van der Waals surface area contributed by atoms with Gasteiger partial charge >= 0.3 is 0 Å². The molecule has 7 nitrogen and oxygen atoms in total. The maximum absolute atomic E-state index is 13.1. The molecule has 1 atom stereocenters. The van der Waals surface area contributed by atoms with Crippen LogP contribution in [0, 0.1) is 5.82 Å². The first-order chi connectivity index (χ1) is 16.0. The van der Waals surface area contributed by atoms with Crippen LogP contribution >= 0.6 is 0 Å². The third-order valence-corrected chi connectivity index (χ3v) is 5.85. The zero-order valence-corrected chi connectivity index (χ0v) is 18.5. The van der Waals surface area contributed by atoms with Gasteiger partial charge in [0.2, 0.25) is 0 Å². The maximum Gasteiger partial charge on any atom is 0.254 e. The number of rotatable bonds is 6. The molecular formula is C25H27FN4O3. The molecule has 0 aliphatic carbocycles. The Morgan fingerprint density at radius 1 is 1.12 bits per heavy atom. The second-order valence-corrected chi connectivity index (χ2v) is 8.11. The van der Waals surface area contributed by atoms with Crippen LogP contribution in [0.25, 0.3) is 0 Å². The highest BCUT2D eigenvalue weighted by atomic mass is 19.1. The Balaban J connectivity index is 1.37. The van der Waals surface area contributed by atoms with Gasteiger partial charge in [-0.1, -0.05) is 18.2 Å². The largest absolute Gasteiger partial charge is 0.489 e. The van der Waals surface area contributed by atoms with Gasteiger partial charge in [-0.2, -0.15) is 5.10 Å². The van der Waals surface area contributed by atoms with Crippen molar-refractivity contribution < 1.29 is 18.7 Å². The Bertz CT molecular complexity index is 1110. The molecule has 4 rings (SSSR count). The minimum Gasteiger partial charge on any atom is -0.489 e.